The largest absolute Gasteiger partial charge is 0.311 e. The molecule has 3 nitrogen and oxygen atoms in total. The molecule has 1 saturated carbocycles. The van der Waals surface area contributed by atoms with Crippen LogP contribution in [-0.4, -0.2) is 17.0 Å². The van der Waals surface area contributed by atoms with Crippen LogP contribution in [0.3, 0.4) is 0 Å². The van der Waals surface area contributed by atoms with Crippen LogP contribution in [0.5, 0.6) is 0 Å². The Hall–Kier alpha value is -0.960. The van der Waals surface area contributed by atoms with Crippen molar-refractivity contribution >= 4 is 0 Å². The number of nitrogens with zero attached hydrogens (tertiary/aromatic N) is 2. The molecule has 0 saturated heterocycles. The zero-order chi connectivity index (χ0) is 13.1. The summed E-state index contributed by atoms with van der Waals surface area (Å²) in [6, 6.07) is 2.43. The number of aromatic nitrogens is 2. The number of rotatable bonds is 3. The van der Waals surface area contributed by atoms with Crippen LogP contribution >= 0.6 is 0 Å². The number of nitrogens with one attached hydrogen (secondary N) is 1. The van der Waals surface area contributed by atoms with Crippen molar-refractivity contribution in [3.8, 4) is 0 Å². The van der Waals surface area contributed by atoms with E-state index < -0.39 is 0 Å². The average molecular weight is 247 g/mol. The molecule has 1 aliphatic carbocycles. The van der Waals surface area contributed by atoms with Gasteiger partial charge in [0.05, 0.1) is 11.7 Å². The van der Waals surface area contributed by atoms with Crippen molar-refractivity contribution in [3.63, 3.8) is 0 Å². The fourth-order valence-corrected chi connectivity index (χ4v) is 3.55. The lowest BCUT2D eigenvalue weighted by Crippen LogP contribution is -2.32. The van der Waals surface area contributed by atoms with Crippen molar-refractivity contribution in [2.24, 2.45) is 17.8 Å². The first-order valence-electron chi connectivity index (χ1n) is 7.07. The minimum Gasteiger partial charge on any atom is -0.311 e. The number of hydrogen-bond donors (Lipinski definition) is 1. The van der Waals surface area contributed by atoms with Crippen molar-refractivity contribution in [1.29, 1.82) is 0 Å². The lowest BCUT2D eigenvalue weighted by molar-refractivity contribution is 0.178. The van der Waals surface area contributed by atoms with E-state index in [-0.39, 0.29) is 0 Å². The van der Waals surface area contributed by atoms with Crippen molar-refractivity contribution in [3.05, 3.63) is 23.8 Å². The average Bonchev–Trinajstić information content (AvgIpc) is 2.28. The molecule has 1 fully saturated rings. The molecule has 1 N–H and O–H groups in total. The Bertz CT molecular complexity index is 381. The van der Waals surface area contributed by atoms with Crippen LogP contribution in [0.4, 0.5) is 0 Å². The highest BCUT2D eigenvalue weighted by Crippen LogP contribution is 2.39. The van der Waals surface area contributed by atoms with Gasteiger partial charge in [0.25, 0.3) is 0 Å². The van der Waals surface area contributed by atoms with Crippen molar-refractivity contribution in [1.82, 2.24) is 15.3 Å². The fourth-order valence-electron chi connectivity index (χ4n) is 3.55. The van der Waals surface area contributed by atoms with Gasteiger partial charge in [0.15, 0.2) is 0 Å². The Morgan fingerprint density at radius 3 is 2.44 bits per heavy atom. The van der Waals surface area contributed by atoms with E-state index in [9.17, 15) is 0 Å². The van der Waals surface area contributed by atoms with Crippen molar-refractivity contribution < 1.29 is 0 Å². The van der Waals surface area contributed by atoms with E-state index in [1.165, 1.54) is 19.3 Å². The van der Waals surface area contributed by atoms with E-state index >= 15 is 0 Å². The smallest absolute Gasteiger partial charge is 0.125 e. The standard InChI is InChI=1S/C15H25N3/c1-10-7-11(2)9-13(8-10)15(16-4)14-5-6-17-12(3)18-14/h5-6,10-11,13,15-16H,7-9H2,1-4H3. The van der Waals surface area contributed by atoms with Gasteiger partial charge in [-0.2, -0.15) is 0 Å². The zero-order valence-electron chi connectivity index (χ0n) is 12.0. The van der Waals surface area contributed by atoms with Crippen LogP contribution in [0.15, 0.2) is 12.3 Å². The quantitative estimate of drug-likeness (QED) is 0.891. The Morgan fingerprint density at radius 1 is 1.22 bits per heavy atom. The topological polar surface area (TPSA) is 37.8 Å². The summed E-state index contributed by atoms with van der Waals surface area (Å²) in [6.07, 6.45) is 5.85. The van der Waals surface area contributed by atoms with Crippen LogP contribution < -0.4 is 5.32 Å². The summed E-state index contributed by atoms with van der Waals surface area (Å²) in [7, 11) is 2.05. The fraction of sp³-hybridized carbons (Fsp3) is 0.733. The normalized spacial score (nSPS) is 30.1. The number of aryl methyl sites for hydroxylation is 1. The van der Waals surface area contributed by atoms with Gasteiger partial charge in [0.2, 0.25) is 0 Å². The second-order valence-electron chi connectivity index (χ2n) is 5.97. The molecule has 3 heteroatoms. The summed E-state index contributed by atoms with van der Waals surface area (Å²) in [4.78, 5) is 8.79. The Labute approximate surface area is 110 Å². The molecule has 1 aromatic heterocycles. The van der Waals surface area contributed by atoms with Gasteiger partial charge in [0.1, 0.15) is 5.82 Å². The highest BCUT2D eigenvalue weighted by atomic mass is 15.0. The van der Waals surface area contributed by atoms with Crippen LogP contribution in [0.1, 0.15) is 50.7 Å². The molecule has 2 rings (SSSR count). The van der Waals surface area contributed by atoms with Gasteiger partial charge in [0, 0.05) is 6.20 Å². The second kappa shape index (κ2) is 5.79. The van der Waals surface area contributed by atoms with Gasteiger partial charge in [-0.1, -0.05) is 13.8 Å². The molecule has 18 heavy (non-hydrogen) atoms. The molecule has 0 bridgehead atoms. The highest BCUT2D eigenvalue weighted by molar-refractivity contribution is 5.09. The molecule has 1 aliphatic rings. The second-order valence-corrected chi connectivity index (χ2v) is 5.97. The summed E-state index contributed by atoms with van der Waals surface area (Å²) < 4.78 is 0. The van der Waals surface area contributed by atoms with Gasteiger partial charge in [-0.15, -0.1) is 0 Å². The van der Waals surface area contributed by atoms with Gasteiger partial charge in [-0.3, -0.25) is 0 Å². The van der Waals surface area contributed by atoms with E-state index in [0.29, 0.717) is 12.0 Å². The predicted molar refractivity (Wildman–Crippen MR) is 74.2 cm³/mol. The molecule has 3 atom stereocenters. The summed E-state index contributed by atoms with van der Waals surface area (Å²) in [5, 5.41) is 3.47. The molecular formula is C15H25N3. The molecule has 0 aliphatic heterocycles. The van der Waals surface area contributed by atoms with Crippen LogP contribution in [0.25, 0.3) is 0 Å². The first kappa shape index (κ1) is 13.5. The third kappa shape index (κ3) is 3.08. The molecule has 0 amide bonds. The highest BCUT2D eigenvalue weighted by Gasteiger charge is 2.30. The molecule has 1 heterocycles. The molecule has 0 aromatic carbocycles. The molecule has 100 valence electrons. The first-order chi connectivity index (χ1) is 8.60. The van der Waals surface area contributed by atoms with Crippen LogP contribution in [0.2, 0.25) is 0 Å². The molecule has 0 spiro atoms. The van der Waals surface area contributed by atoms with Gasteiger partial charge < -0.3 is 5.32 Å². The SMILES string of the molecule is CNC(c1ccnc(C)n1)C1CC(C)CC(C)C1. The number of hydrogen-bond acceptors (Lipinski definition) is 3. The molecule has 1 aromatic rings. The van der Waals surface area contributed by atoms with Crippen LogP contribution in [0, 0.1) is 24.7 Å². The molecular weight excluding hydrogens is 222 g/mol. The summed E-state index contributed by atoms with van der Waals surface area (Å²) in [5.41, 5.74) is 1.15. The minimum atomic E-state index is 0.372. The lowest BCUT2D eigenvalue weighted by atomic mass is 9.73. The maximum atomic E-state index is 4.60. The Kier molecular flexibility index (Phi) is 4.33. The Morgan fingerprint density at radius 2 is 1.89 bits per heavy atom. The first-order valence-corrected chi connectivity index (χ1v) is 7.07. The lowest BCUT2D eigenvalue weighted by Gasteiger charge is -2.36. The van der Waals surface area contributed by atoms with E-state index in [1.54, 1.807) is 0 Å². The zero-order valence-corrected chi connectivity index (χ0v) is 12.0. The summed E-state index contributed by atoms with van der Waals surface area (Å²) in [5.74, 6) is 3.22. The van der Waals surface area contributed by atoms with Crippen molar-refractivity contribution in [2.45, 2.75) is 46.1 Å². The van der Waals surface area contributed by atoms with E-state index in [0.717, 1.165) is 23.4 Å². The molecule has 0 radical (unpaired) electrons. The summed E-state index contributed by atoms with van der Waals surface area (Å²) >= 11 is 0. The third-order valence-corrected chi connectivity index (χ3v) is 4.11. The maximum Gasteiger partial charge on any atom is 0.125 e. The van der Waals surface area contributed by atoms with E-state index in [4.69, 9.17) is 0 Å². The van der Waals surface area contributed by atoms with Gasteiger partial charge in [-0.05, 0) is 57.1 Å². The van der Waals surface area contributed by atoms with Gasteiger partial charge in [-0.25, -0.2) is 9.97 Å². The Balaban J connectivity index is 2.17. The minimum absolute atomic E-state index is 0.372. The summed E-state index contributed by atoms with van der Waals surface area (Å²) in [6.45, 7) is 6.71. The van der Waals surface area contributed by atoms with Gasteiger partial charge >= 0.3 is 0 Å². The third-order valence-electron chi connectivity index (χ3n) is 4.11. The van der Waals surface area contributed by atoms with E-state index in [1.807, 2.05) is 20.2 Å². The van der Waals surface area contributed by atoms with Crippen molar-refractivity contribution in [2.75, 3.05) is 7.05 Å². The van der Waals surface area contributed by atoms with Crippen LogP contribution in [-0.2, 0) is 0 Å². The monoisotopic (exact) mass is 247 g/mol. The molecule has 3 unspecified atom stereocenters. The predicted octanol–water partition coefficient (Wildman–Crippen LogP) is 3.12. The maximum absolute atomic E-state index is 4.60. The van der Waals surface area contributed by atoms with E-state index in [2.05, 4.69) is 35.2 Å².